The predicted octanol–water partition coefficient (Wildman–Crippen LogP) is 4.96. The number of aromatic nitrogens is 1. The van der Waals surface area contributed by atoms with Gasteiger partial charge in [0.05, 0.1) is 9.75 Å². The van der Waals surface area contributed by atoms with Gasteiger partial charge in [-0.1, -0.05) is 29.4 Å². The summed E-state index contributed by atoms with van der Waals surface area (Å²) in [4.78, 5) is 13.3. The van der Waals surface area contributed by atoms with Crippen LogP contribution in [0.3, 0.4) is 0 Å². The molecule has 0 aliphatic carbocycles. The molecule has 0 fully saturated rings. The van der Waals surface area contributed by atoms with E-state index >= 15 is 0 Å². The van der Waals surface area contributed by atoms with Gasteiger partial charge in [-0.15, -0.1) is 11.3 Å². The highest BCUT2D eigenvalue weighted by molar-refractivity contribution is 7.17. The summed E-state index contributed by atoms with van der Waals surface area (Å²) < 4.78 is 42.8. The highest BCUT2D eigenvalue weighted by Crippen LogP contribution is 2.38. The summed E-state index contributed by atoms with van der Waals surface area (Å²) in [5, 5.41) is 10.6. The smallest absolute Gasteiger partial charge is 0.351 e. The molecule has 0 bridgehead atoms. The van der Waals surface area contributed by atoms with Gasteiger partial charge in [-0.05, 0) is 24.6 Å². The second-order valence-corrected chi connectivity index (χ2v) is 6.33. The summed E-state index contributed by atoms with van der Waals surface area (Å²) in [6.07, 6.45) is -3.44. The normalized spacial score (nSPS) is 11.5. The van der Waals surface area contributed by atoms with Gasteiger partial charge >= 0.3 is 6.18 Å². The van der Waals surface area contributed by atoms with Crippen molar-refractivity contribution in [1.29, 1.82) is 5.41 Å². The van der Waals surface area contributed by atoms with Gasteiger partial charge in [0.25, 0.3) is 0 Å². The molecule has 4 nitrogen and oxygen atoms in total. The fourth-order valence-corrected chi connectivity index (χ4v) is 3.30. The Hall–Kier alpha value is -2.74. The maximum Gasteiger partial charge on any atom is 0.452 e. The average molecular weight is 364 g/mol. The van der Waals surface area contributed by atoms with Gasteiger partial charge in [0.15, 0.2) is 0 Å². The number of nitrogens with one attached hydrogen (secondary N) is 1. The Morgan fingerprint density at radius 1 is 1.20 bits per heavy atom. The molecule has 0 saturated carbocycles. The van der Waals surface area contributed by atoms with Crippen LogP contribution in [0.25, 0.3) is 10.6 Å². The van der Waals surface area contributed by atoms with Gasteiger partial charge in [-0.2, -0.15) is 13.2 Å². The molecular weight excluding hydrogens is 353 g/mol. The molecule has 0 amide bonds. The van der Waals surface area contributed by atoms with Gasteiger partial charge in [0.2, 0.25) is 11.5 Å². The lowest BCUT2D eigenvalue weighted by Crippen LogP contribution is -2.04. The third-order valence-electron chi connectivity index (χ3n) is 3.58. The fraction of sp³-hybridized carbons (Fsp3) is 0.118. The van der Waals surface area contributed by atoms with E-state index in [0.717, 1.165) is 11.3 Å². The molecule has 0 spiro atoms. The highest BCUT2D eigenvalue weighted by atomic mass is 32.1. The molecule has 0 unspecified atom stereocenters. The van der Waals surface area contributed by atoms with Crippen molar-refractivity contribution in [3.8, 4) is 10.6 Å². The lowest BCUT2D eigenvalue weighted by molar-refractivity contribution is -0.156. The number of rotatable bonds is 4. The maximum absolute atomic E-state index is 12.8. The van der Waals surface area contributed by atoms with Gasteiger partial charge in [0, 0.05) is 17.3 Å². The van der Waals surface area contributed by atoms with E-state index in [9.17, 15) is 18.0 Å². The van der Waals surface area contributed by atoms with Gasteiger partial charge in [-0.25, -0.2) is 0 Å². The zero-order chi connectivity index (χ0) is 18.2. The Bertz CT molecular complexity index is 940. The Balaban J connectivity index is 1.91. The van der Waals surface area contributed by atoms with Crippen molar-refractivity contribution < 1.29 is 22.5 Å². The molecule has 25 heavy (non-hydrogen) atoms. The summed E-state index contributed by atoms with van der Waals surface area (Å²) in [6, 6.07) is 9.60. The Morgan fingerprint density at radius 2 is 1.88 bits per heavy atom. The van der Waals surface area contributed by atoms with Crippen LogP contribution in [0, 0.1) is 12.3 Å². The minimum Gasteiger partial charge on any atom is -0.351 e. The molecule has 0 atom stereocenters. The number of carbonyl (C=O) groups is 1. The van der Waals surface area contributed by atoms with Crippen LogP contribution in [0.1, 0.15) is 32.1 Å². The quantitative estimate of drug-likeness (QED) is 0.526. The first-order valence-electron chi connectivity index (χ1n) is 7.10. The molecular formula is C17H11F3N2O2S. The lowest BCUT2D eigenvalue weighted by Gasteiger charge is -2.01. The van der Waals surface area contributed by atoms with E-state index < -0.39 is 11.9 Å². The first-order valence-corrected chi connectivity index (χ1v) is 7.92. The molecule has 8 heteroatoms. The Labute approximate surface area is 144 Å². The van der Waals surface area contributed by atoms with Crippen molar-refractivity contribution in [2.75, 3.05) is 0 Å². The topological polar surface area (TPSA) is 67.0 Å². The number of hydrogen-bond donors (Lipinski definition) is 1. The standard InChI is InChI=1S/C17H11F3N2O2S/c1-9-14(22-24-16(9)17(18,19)20)12-6-7-13(25-12)15(23)11-4-2-10(8-21)3-5-11/h2-8,21H,1H3. The second kappa shape index (κ2) is 6.29. The van der Waals surface area contributed by atoms with Crippen molar-refractivity contribution >= 4 is 23.3 Å². The average Bonchev–Trinajstić information content (AvgIpc) is 3.20. The van der Waals surface area contributed by atoms with E-state index in [4.69, 9.17) is 5.41 Å². The van der Waals surface area contributed by atoms with Crippen LogP contribution in [-0.2, 0) is 6.18 Å². The molecule has 3 rings (SSSR count). The van der Waals surface area contributed by atoms with Crippen molar-refractivity contribution in [3.63, 3.8) is 0 Å². The number of ketones is 1. The molecule has 0 radical (unpaired) electrons. The highest BCUT2D eigenvalue weighted by Gasteiger charge is 2.39. The van der Waals surface area contributed by atoms with E-state index in [0.29, 0.717) is 20.9 Å². The van der Waals surface area contributed by atoms with Gasteiger partial charge in [-0.3, -0.25) is 4.79 Å². The molecule has 128 valence electrons. The number of alkyl halides is 3. The maximum atomic E-state index is 12.8. The predicted molar refractivity (Wildman–Crippen MR) is 87.3 cm³/mol. The molecule has 1 aromatic carbocycles. The van der Waals surface area contributed by atoms with Gasteiger partial charge < -0.3 is 9.93 Å². The van der Waals surface area contributed by atoms with E-state index in [-0.39, 0.29) is 17.0 Å². The SMILES string of the molecule is Cc1c(-c2ccc(C(=O)c3ccc(C=N)cc3)s2)noc1C(F)(F)F. The van der Waals surface area contributed by atoms with E-state index in [1.807, 2.05) is 0 Å². The van der Waals surface area contributed by atoms with Crippen molar-refractivity contribution in [2.45, 2.75) is 13.1 Å². The molecule has 2 aromatic heterocycles. The van der Waals surface area contributed by atoms with Crippen LogP contribution in [0.15, 0.2) is 40.9 Å². The van der Waals surface area contributed by atoms with Gasteiger partial charge in [0.1, 0.15) is 5.69 Å². The zero-order valence-electron chi connectivity index (χ0n) is 12.8. The van der Waals surface area contributed by atoms with Crippen molar-refractivity contribution in [1.82, 2.24) is 5.16 Å². The number of halogens is 3. The van der Waals surface area contributed by atoms with Crippen LogP contribution in [0.2, 0.25) is 0 Å². The number of carbonyl (C=O) groups excluding carboxylic acids is 1. The number of thiophene rings is 1. The minimum atomic E-state index is -4.61. The van der Waals surface area contributed by atoms with E-state index in [1.165, 1.54) is 13.1 Å². The monoisotopic (exact) mass is 364 g/mol. The second-order valence-electron chi connectivity index (χ2n) is 5.24. The molecule has 3 aromatic rings. The number of nitrogens with zero attached hydrogens (tertiary/aromatic N) is 1. The Kier molecular flexibility index (Phi) is 4.30. The van der Waals surface area contributed by atoms with E-state index in [2.05, 4.69) is 9.68 Å². The largest absolute Gasteiger partial charge is 0.452 e. The molecule has 0 aliphatic rings. The van der Waals surface area contributed by atoms with E-state index in [1.54, 1.807) is 36.4 Å². The van der Waals surface area contributed by atoms with Crippen LogP contribution in [0.4, 0.5) is 13.2 Å². The van der Waals surface area contributed by atoms with Crippen LogP contribution >= 0.6 is 11.3 Å². The Morgan fingerprint density at radius 3 is 2.44 bits per heavy atom. The first-order chi connectivity index (χ1) is 11.8. The van der Waals surface area contributed by atoms with Crippen molar-refractivity contribution in [3.05, 3.63) is 63.7 Å². The summed E-state index contributed by atoms with van der Waals surface area (Å²) in [5.74, 6) is -1.38. The molecule has 0 saturated heterocycles. The summed E-state index contributed by atoms with van der Waals surface area (Å²) >= 11 is 1.05. The number of benzene rings is 1. The third-order valence-corrected chi connectivity index (χ3v) is 4.67. The van der Waals surface area contributed by atoms with Crippen LogP contribution in [-0.4, -0.2) is 17.2 Å². The lowest BCUT2D eigenvalue weighted by atomic mass is 10.1. The van der Waals surface area contributed by atoms with Crippen LogP contribution < -0.4 is 0 Å². The molecule has 2 heterocycles. The third kappa shape index (κ3) is 3.25. The summed E-state index contributed by atoms with van der Waals surface area (Å²) in [5.41, 5.74) is 1.08. The minimum absolute atomic E-state index is 0.0792. The van der Waals surface area contributed by atoms with Crippen LogP contribution in [0.5, 0.6) is 0 Å². The summed E-state index contributed by atoms with van der Waals surface area (Å²) in [7, 11) is 0. The fourth-order valence-electron chi connectivity index (χ4n) is 2.29. The molecule has 0 aliphatic heterocycles. The molecule has 1 N–H and O–H groups in total. The first kappa shape index (κ1) is 17.1. The summed E-state index contributed by atoms with van der Waals surface area (Å²) in [6.45, 7) is 1.28. The van der Waals surface area contributed by atoms with Crippen molar-refractivity contribution in [2.24, 2.45) is 0 Å². The zero-order valence-corrected chi connectivity index (χ0v) is 13.7. The number of hydrogen-bond acceptors (Lipinski definition) is 5.